The average Bonchev–Trinajstić information content (AvgIpc) is 2.35. The quantitative estimate of drug-likeness (QED) is 0.550. The summed E-state index contributed by atoms with van der Waals surface area (Å²) >= 11 is 0. The van der Waals surface area contributed by atoms with Crippen LogP contribution in [0.5, 0.6) is 0 Å². The molecule has 9 heteroatoms. The molecule has 4 rings (SSSR count). The predicted octanol–water partition coefficient (Wildman–Crippen LogP) is 1.41. The van der Waals surface area contributed by atoms with E-state index in [9.17, 15) is 22.3 Å². The molecule has 4 aliphatic carbocycles. The van der Waals surface area contributed by atoms with Gasteiger partial charge in [0, 0.05) is 0 Å². The number of alkyl halides is 2. The van der Waals surface area contributed by atoms with Gasteiger partial charge in [0.15, 0.2) is 0 Å². The second-order valence-electron chi connectivity index (χ2n) is 7.42. The van der Waals surface area contributed by atoms with Crippen molar-refractivity contribution in [3.8, 4) is 0 Å². The Balaban J connectivity index is 0.00000192. The first kappa shape index (κ1) is 20.0. The molecule has 0 aromatic heterocycles. The third-order valence-corrected chi connectivity index (χ3v) is 6.59. The van der Waals surface area contributed by atoms with Gasteiger partial charge in [0.05, 0.1) is 12.7 Å². The summed E-state index contributed by atoms with van der Waals surface area (Å²) in [7, 11) is -5.49. The van der Waals surface area contributed by atoms with Gasteiger partial charge in [0.25, 0.3) is 0 Å². The molecule has 0 amide bonds. The van der Waals surface area contributed by atoms with Gasteiger partial charge in [0.2, 0.25) is 0 Å². The Morgan fingerprint density at radius 3 is 1.96 bits per heavy atom. The Labute approximate surface area is 157 Å². The first-order valence-corrected chi connectivity index (χ1v) is 9.16. The van der Waals surface area contributed by atoms with Crippen LogP contribution in [0.3, 0.4) is 0 Å². The normalized spacial score (nSPS) is 37.5. The molecule has 5 nitrogen and oxygen atoms in total. The molecule has 2 N–H and O–H groups in total. The summed E-state index contributed by atoms with van der Waals surface area (Å²) in [5, 5.41) is 6.09. The predicted molar refractivity (Wildman–Crippen MR) is 81.1 cm³/mol. The van der Waals surface area contributed by atoms with Crippen LogP contribution in [0.1, 0.15) is 38.5 Å². The Morgan fingerprint density at radius 2 is 1.57 bits per heavy atom. The summed E-state index contributed by atoms with van der Waals surface area (Å²) in [5.41, 5.74) is -0.262. The van der Waals surface area contributed by atoms with Crippen molar-refractivity contribution in [2.24, 2.45) is 23.2 Å². The fourth-order valence-electron chi connectivity index (χ4n) is 5.13. The van der Waals surface area contributed by atoms with Gasteiger partial charge in [-0.1, -0.05) is 0 Å². The van der Waals surface area contributed by atoms with Crippen molar-refractivity contribution in [1.29, 1.82) is 0 Å². The number of rotatable bonds is 6. The zero-order chi connectivity index (χ0) is 16.2. The fraction of sp³-hybridized carbons (Fsp3) is 1.00. The van der Waals surface area contributed by atoms with E-state index >= 15 is 0 Å². The molecule has 0 saturated heterocycles. The van der Waals surface area contributed by atoms with Gasteiger partial charge in [0.1, 0.15) is 6.61 Å². The number of ether oxygens (including phenoxy) is 1. The third-order valence-electron chi connectivity index (χ3n) is 5.72. The maximum atomic E-state index is 13.1. The SMILES string of the molecule is O=S(=O)(O)C(F)(F)COCC(O)C12CC3CC(CC(C3)C1)C2.[NaH]. The van der Waals surface area contributed by atoms with Crippen molar-refractivity contribution in [1.82, 2.24) is 0 Å². The Morgan fingerprint density at radius 1 is 1.13 bits per heavy atom. The van der Waals surface area contributed by atoms with Crippen LogP contribution in [0.15, 0.2) is 0 Å². The molecule has 0 aromatic rings. The van der Waals surface area contributed by atoms with E-state index in [0.29, 0.717) is 17.8 Å². The first-order valence-electron chi connectivity index (χ1n) is 7.72. The molecule has 130 valence electrons. The molecule has 1 atom stereocenters. The molecular formula is C14H23F2NaO5S. The van der Waals surface area contributed by atoms with E-state index in [-0.39, 0.29) is 41.6 Å². The Hall–Kier alpha value is 0.690. The minimum atomic E-state index is -5.49. The van der Waals surface area contributed by atoms with Gasteiger partial charge >= 0.3 is 44.9 Å². The summed E-state index contributed by atoms with van der Waals surface area (Å²) < 4.78 is 60.4. The monoisotopic (exact) mass is 364 g/mol. The number of hydrogen-bond donors (Lipinski definition) is 2. The molecule has 23 heavy (non-hydrogen) atoms. The molecule has 4 bridgehead atoms. The van der Waals surface area contributed by atoms with Crippen LogP contribution >= 0.6 is 0 Å². The van der Waals surface area contributed by atoms with Gasteiger partial charge in [-0.25, -0.2) is 0 Å². The molecule has 4 fully saturated rings. The van der Waals surface area contributed by atoms with E-state index in [0.717, 1.165) is 19.3 Å². The zero-order valence-electron chi connectivity index (χ0n) is 12.2. The Bertz CT molecular complexity index is 504. The molecule has 0 heterocycles. The van der Waals surface area contributed by atoms with Crippen LogP contribution in [0.2, 0.25) is 0 Å². The summed E-state index contributed by atoms with van der Waals surface area (Å²) in [5.74, 6) is 1.83. The first-order chi connectivity index (χ1) is 10.1. The van der Waals surface area contributed by atoms with E-state index in [2.05, 4.69) is 0 Å². The molecule has 0 aromatic carbocycles. The number of aliphatic hydroxyl groups is 1. The summed E-state index contributed by atoms with van der Waals surface area (Å²) in [6, 6.07) is 0. The zero-order valence-corrected chi connectivity index (χ0v) is 13.1. The van der Waals surface area contributed by atoms with Crippen LogP contribution in [0.4, 0.5) is 8.78 Å². The van der Waals surface area contributed by atoms with Crippen LogP contribution in [0.25, 0.3) is 0 Å². The van der Waals surface area contributed by atoms with E-state index in [1.807, 2.05) is 0 Å². The molecule has 4 saturated carbocycles. The molecule has 4 aliphatic rings. The molecule has 1 unspecified atom stereocenters. The Kier molecular flexibility index (Phi) is 5.89. The van der Waals surface area contributed by atoms with Crippen molar-refractivity contribution in [2.75, 3.05) is 13.2 Å². The van der Waals surface area contributed by atoms with Crippen molar-refractivity contribution in [3.63, 3.8) is 0 Å². The van der Waals surface area contributed by atoms with Crippen molar-refractivity contribution in [3.05, 3.63) is 0 Å². The third kappa shape index (κ3) is 3.93. The second kappa shape index (κ2) is 6.78. The van der Waals surface area contributed by atoms with E-state index < -0.39 is 28.1 Å². The number of hydrogen-bond acceptors (Lipinski definition) is 4. The molecular weight excluding hydrogens is 341 g/mol. The van der Waals surface area contributed by atoms with Gasteiger partial charge in [-0.15, -0.1) is 0 Å². The summed E-state index contributed by atoms with van der Waals surface area (Å²) in [6.07, 6.45) is 5.45. The van der Waals surface area contributed by atoms with Crippen LogP contribution in [-0.2, 0) is 14.9 Å². The fourth-order valence-corrected chi connectivity index (χ4v) is 5.36. The van der Waals surface area contributed by atoms with Gasteiger partial charge < -0.3 is 9.84 Å². The van der Waals surface area contributed by atoms with E-state index in [1.165, 1.54) is 19.3 Å². The average molecular weight is 364 g/mol. The van der Waals surface area contributed by atoms with Crippen molar-refractivity contribution >= 4 is 39.7 Å². The molecule has 0 spiro atoms. The van der Waals surface area contributed by atoms with E-state index in [4.69, 9.17) is 9.29 Å². The summed E-state index contributed by atoms with van der Waals surface area (Å²) in [4.78, 5) is 0. The minimum absolute atomic E-state index is 0. The number of halogens is 2. The van der Waals surface area contributed by atoms with Crippen LogP contribution in [0, 0.1) is 23.2 Å². The van der Waals surface area contributed by atoms with Crippen molar-refractivity contribution < 1.29 is 31.6 Å². The van der Waals surface area contributed by atoms with Crippen molar-refractivity contribution in [2.45, 2.75) is 49.9 Å². The number of aliphatic hydroxyl groups excluding tert-OH is 1. The van der Waals surface area contributed by atoms with Crippen LogP contribution in [-0.4, -0.2) is 72.2 Å². The van der Waals surface area contributed by atoms with Gasteiger partial charge in [-0.2, -0.15) is 17.2 Å². The van der Waals surface area contributed by atoms with Crippen LogP contribution < -0.4 is 0 Å². The maximum absolute atomic E-state index is 13.1. The molecule has 0 aliphatic heterocycles. The standard InChI is InChI=1S/C14H22F2O5S.Na.H/c15-14(16,22(18,19)20)8-21-7-12(17)13-4-9-1-10(5-13)3-11(2-9)6-13;;/h9-12,17H,1-8H2,(H,18,19,20);;. The van der Waals surface area contributed by atoms with Gasteiger partial charge in [-0.3, -0.25) is 4.55 Å². The topological polar surface area (TPSA) is 83.8 Å². The molecule has 0 radical (unpaired) electrons. The second-order valence-corrected chi connectivity index (χ2v) is 8.97. The van der Waals surface area contributed by atoms with E-state index in [1.54, 1.807) is 0 Å². The van der Waals surface area contributed by atoms with Gasteiger partial charge in [-0.05, 0) is 61.7 Å². The summed E-state index contributed by atoms with van der Waals surface area (Å²) in [6.45, 7) is -1.76.